The van der Waals surface area contributed by atoms with E-state index in [2.05, 4.69) is 5.32 Å². The minimum absolute atomic E-state index is 0.261. The van der Waals surface area contributed by atoms with Crippen LogP contribution in [-0.4, -0.2) is 59.9 Å². The van der Waals surface area contributed by atoms with Crippen LogP contribution in [0.2, 0.25) is 0 Å². The van der Waals surface area contributed by atoms with E-state index < -0.39 is 18.3 Å². The predicted octanol–water partition coefficient (Wildman–Crippen LogP) is -2.31. The molecule has 1 aliphatic heterocycles. The highest BCUT2D eigenvalue weighted by Gasteiger charge is 2.36. The van der Waals surface area contributed by atoms with Crippen LogP contribution in [0, 0.1) is 0 Å². The van der Waals surface area contributed by atoms with E-state index in [0.29, 0.717) is 6.61 Å². The Kier molecular flexibility index (Phi) is 3.42. The number of hydrogen-bond acceptors (Lipinski definition) is 5. The fraction of sp³-hybridized carbons (Fsp3) is 1.00. The van der Waals surface area contributed by atoms with E-state index >= 15 is 0 Å². The first kappa shape index (κ1) is 9.88. The van der Waals surface area contributed by atoms with Gasteiger partial charge in [0.15, 0.2) is 0 Å². The lowest BCUT2D eigenvalue weighted by Gasteiger charge is -2.36. The molecule has 5 heteroatoms. The second-order valence-electron chi connectivity index (χ2n) is 2.93. The Balaban J connectivity index is 2.52. The molecule has 1 saturated heterocycles. The van der Waals surface area contributed by atoms with Gasteiger partial charge in [-0.25, -0.2) is 0 Å². The highest BCUT2D eigenvalue weighted by atomic mass is 16.5. The van der Waals surface area contributed by atoms with Gasteiger partial charge in [-0.3, -0.25) is 0 Å². The summed E-state index contributed by atoms with van der Waals surface area (Å²) >= 11 is 0. The van der Waals surface area contributed by atoms with Gasteiger partial charge in [-0.1, -0.05) is 0 Å². The van der Waals surface area contributed by atoms with Gasteiger partial charge < -0.3 is 25.4 Å². The molecule has 0 aliphatic carbocycles. The molecule has 0 radical (unpaired) electrons. The molecule has 12 heavy (non-hydrogen) atoms. The van der Waals surface area contributed by atoms with Crippen LogP contribution >= 0.6 is 0 Å². The van der Waals surface area contributed by atoms with Gasteiger partial charge in [0.25, 0.3) is 0 Å². The largest absolute Gasteiger partial charge is 0.394 e. The van der Waals surface area contributed by atoms with Crippen molar-refractivity contribution in [1.82, 2.24) is 5.32 Å². The van der Waals surface area contributed by atoms with E-state index in [1.165, 1.54) is 0 Å². The first-order chi connectivity index (χ1) is 5.70. The van der Waals surface area contributed by atoms with Crippen molar-refractivity contribution in [1.29, 1.82) is 0 Å². The first-order valence-corrected chi connectivity index (χ1v) is 3.96. The van der Waals surface area contributed by atoms with Crippen molar-refractivity contribution in [3.8, 4) is 0 Å². The molecular weight excluding hydrogens is 162 g/mol. The maximum atomic E-state index is 9.44. The van der Waals surface area contributed by atoms with Gasteiger partial charge in [-0.05, 0) is 7.05 Å². The fourth-order valence-corrected chi connectivity index (χ4v) is 1.30. The van der Waals surface area contributed by atoms with Crippen LogP contribution in [0.3, 0.4) is 0 Å². The second-order valence-corrected chi connectivity index (χ2v) is 2.93. The lowest BCUT2D eigenvalue weighted by Crippen LogP contribution is -2.58. The first-order valence-electron chi connectivity index (χ1n) is 3.96. The molecule has 0 saturated carbocycles. The molecule has 4 N–H and O–H groups in total. The van der Waals surface area contributed by atoms with Crippen molar-refractivity contribution in [2.75, 3.05) is 20.3 Å². The molecule has 1 aliphatic rings. The monoisotopic (exact) mass is 177 g/mol. The van der Waals surface area contributed by atoms with E-state index in [1.54, 1.807) is 7.05 Å². The quantitative estimate of drug-likeness (QED) is 0.381. The summed E-state index contributed by atoms with van der Waals surface area (Å²) in [5.41, 5.74) is 0. The second kappa shape index (κ2) is 4.15. The number of rotatable bonds is 2. The molecule has 5 nitrogen and oxygen atoms in total. The van der Waals surface area contributed by atoms with Gasteiger partial charge >= 0.3 is 0 Å². The highest BCUT2D eigenvalue weighted by Crippen LogP contribution is 2.14. The number of ether oxygens (including phenoxy) is 1. The van der Waals surface area contributed by atoms with E-state index in [0.717, 1.165) is 0 Å². The maximum absolute atomic E-state index is 9.44. The number of nitrogens with one attached hydrogen (secondary N) is 1. The van der Waals surface area contributed by atoms with Crippen LogP contribution in [0.5, 0.6) is 0 Å². The van der Waals surface area contributed by atoms with Crippen LogP contribution < -0.4 is 5.32 Å². The van der Waals surface area contributed by atoms with Crippen LogP contribution in [0.4, 0.5) is 0 Å². The van der Waals surface area contributed by atoms with E-state index in [1.807, 2.05) is 0 Å². The number of aliphatic hydroxyl groups excluding tert-OH is 3. The molecule has 0 unspecified atom stereocenters. The maximum Gasteiger partial charge on any atom is 0.110 e. The Hall–Kier alpha value is -0.200. The SMILES string of the molecule is CN[C@H]1CO[C@H](CO)[C@@H](O)[C@@H]1O. The zero-order chi connectivity index (χ0) is 9.14. The lowest BCUT2D eigenvalue weighted by molar-refractivity contribution is -0.160. The van der Waals surface area contributed by atoms with Crippen molar-refractivity contribution in [3.05, 3.63) is 0 Å². The van der Waals surface area contributed by atoms with E-state index in [9.17, 15) is 10.2 Å². The van der Waals surface area contributed by atoms with Gasteiger partial charge in [-0.2, -0.15) is 0 Å². The Labute approximate surface area is 71.0 Å². The normalized spacial score (nSPS) is 43.0. The molecule has 0 aromatic rings. The summed E-state index contributed by atoms with van der Waals surface area (Å²) in [5.74, 6) is 0. The minimum Gasteiger partial charge on any atom is -0.394 e. The summed E-state index contributed by atoms with van der Waals surface area (Å²) in [5, 5.41) is 30.3. The minimum atomic E-state index is -1.01. The van der Waals surface area contributed by atoms with Crippen LogP contribution in [0.1, 0.15) is 0 Å². The van der Waals surface area contributed by atoms with Crippen LogP contribution in [0.15, 0.2) is 0 Å². The lowest BCUT2D eigenvalue weighted by atomic mass is 9.99. The van der Waals surface area contributed by atoms with Crippen LogP contribution in [-0.2, 0) is 4.74 Å². The molecule has 0 spiro atoms. The van der Waals surface area contributed by atoms with Gasteiger partial charge in [-0.15, -0.1) is 0 Å². The fourth-order valence-electron chi connectivity index (χ4n) is 1.30. The molecule has 72 valence electrons. The van der Waals surface area contributed by atoms with Crippen molar-refractivity contribution in [2.24, 2.45) is 0 Å². The average Bonchev–Trinajstić information content (AvgIpc) is 2.10. The zero-order valence-electron chi connectivity index (χ0n) is 6.97. The summed E-state index contributed by atoms with van der Waals surface area (Å²) in [6.07, 6.45) is -2.55. The summed E-state index contributed by atoms with van der Waals surface area (Å²) in [6, 6.07) is -0.261. The summed E-state index contributed by atoms with van der Waals surface area (Å²) in [4.78, 5) is 0. The van der Waals surface area contributed by atoms with Crippen molar-refractivity contribution < 1.29 is 20.1 Å². The average molecular weight is 177 g/mol. The van der Waals surface area contributed by atoms with Crippen molar-refractivity contribution >= 4 is 0 Å². The Morgan fingerprint density at radius 3 is 2.58 bits per heavy atom. The van der Waals surface area contributed by atoms with Gasteiger partial charge in [0.1, 0.15) is 18.3 Å². The molecule has 0 amide bonds. The molecule has 1 heterocycles. The topological polar surface area (TPSA) is 82.0 Å². The number of hydrogen-bond donors (Lipinski definition) is 4. The summed E-state index contributed by atoms with van der Waals surface area (Å²) in [6.45, 7) is 0.0363. The molecule has 0 aromatic heterocycles. The molecular formula is C7H15NO4. The Bertz CT molecular complexity index is 127. The smallest absolute Gasteiger partial charge is 0.110 e. The standard InChI is InChI=1S/C7H15NO4/c1-8-4-3-12-5(2-9)7(11)6(4)10/h4-11H,2-3H2,1H3/t4-,5+,6+,7+/m0/s1. The number of likely N-dealkylation sites (N-methyl/N-ethyl adjacent to an activating group) is 1. The van der Waals surface area contributed by atoms with Crippen LogP contribution in [0.25, 0.3) is 0 Å². The molecule has 4 atom stereocenters. The van der Waals surface area contributed by atoms with Gasteiger partial charge in [0.05, 0.1) is 19.3 Å². The van der Waals surface area contributed by atoms with Crippen molar-refractivity contribution in [3.63, 3.8) is 0 Å². The third-order valence-electron chi connectivity index (χ3n) is 2.18. The van der Waals surface area contributed by atoms with E-state index in [-0.39, 0.29) is 12.6 Å². The molecule has 0 bridgehead atoms. The number of aliphatic hydroxyl groups is 3. The highest BCUT2D eigenvalue weighted by molar-refractivity contribution is 4.89. The molecule has 1 fully saturated rings. The third-order valence-corrected chi connectivity index (χ3v) is 2.18. The Morgan fingerprint density at radius 2 is 2.08 bits per heavy atom. The predicted molar refractivity (Wildman–Crippen MR) is 41.7 cm³/mol. The third kappa shape index (κ3) is 1.75. The van der Waals surface area contributed by atoms with E-state index in [4.69, 9.17) is 9.84 Å². The molecule has 0 aromatic carbocycles. The van der Waals surface area contributed by atoms with Crippen molar-refractivity contribution in [2.45, 2.75) is 24.4 Å². The Morgan fingerprint density at radius 1 is 1.42 bits per heavy atom. The summed E-state index contributed by atoms with van der Waals surface area (Å²) < 4.78 is 5.09. The summed E-state index contributed by atoms with van der Waals surface area (Å²) in [7, 11) is 1.68. The van der Waals surface area contributed by atoms with Gasteiger partial charge in [0, 0.05) is 0 Å². The molecule has 1 rings (SSSR count). The zero-order valence-corrected chi connectivity index (χ0v) is 6.97. The van der Waals surface area contributed by atoms with Gasteiger partial charge in [0.2, 0.25) is 0 Å².